The number of benzene rings is 1. The van der Waals surface area contributed by atoms with E-state index in [1.165, 1.54) is 6.07 Å². The van der Waals surface area contributed by atoms with Crippen LogP contribution in [0.15, 0.2) is 18.2 Å². The second kappa shape index (κ2) is 2.34. The van der Waals surface area contributed by atoms with Gasteiger partial charge in [-0.1, -0.05) is 0 Å². The van der Waals surface area contributed by atoms with E-state index in [0.29, 0.717) is 5.56 Å². The molecule has 1 aromatic carbocycles. The van der Waals surface area contributed by atoms with Crippen molar-refractivity contribution in [1.29, 1.82) is 0 Å². The maximum atomic E-state index is 13.0. The summed E-state index contributed by atoms with van der Waals surface area (Å²) in [7, 11) is 0. The van der Waals surface area contributed by atoms with Crippen molar-refractivity contribution < 1.29 is 4.39 Å². The van der Waals surface area contributed by atoms with E-state index in [4.69, 9.17) is 0 Å². The molecule has 0 saturated heterocycles. The molecule has 2 rings (SSSR count). The minimum absolute atomic E-state index is 0.149. The normalized spacial score (nSPS) is 10.9. The van der Waals surface area contributed by atoms with E-state index in [9.17, 15) is 4.39 Å². The van der Waals surface area contributed by atoms with Crippen LogP contribution in [0.2, 0.25) is 0 Å². The predicted molar refractivity (Wildman–Crippen MR) is 47.7 cm³/mol. The maximum absolute atomic E-state index is 13.0. The minimum atomic E-state index is -0.149. The molecule has 0 atom stereocenters. The van der Waals surface area contributed by atoms with Gasteiger partial charge in [-0.3, -0.25) is 0 Å². The highest BCUT2D eigenvalue weighted by Gasteiger charge is 2.04. The van der Waals surface area contributed by atoms with Gasteiger partial charge in [0.05, 0.1) is 5.52 Å². The average Bonchev–Trinajstić information content (AvgIpc) is 2.39. The quantitative estimate of drug-likeness (QED) is 0.614. The number of fused-ring (bicyclic) bond motifs is 1. The molecular formula is C10H10FN. The van der Waals surface area contributed by atoms with Crippen molar-refractivity contribution in [1.82, 2.24) is 4.98 Å². The molecule has 0 amide bonds. The van der Waals surface area contributed by atoms with Gasteiger partial charge in [-0.25, -0.2) is 4.39 Å². The smallest absolute Gasteiger partial charge is 0.128 e. The van der Waals surface area contributed by atoms with Crippen LogP contribution < -0.4 is 0 Å². The zero-order chi connectivity index (χ0) is 8.72. The van der Waals surface area contributed by atoms with Crippen molar-refractivity contribution in [3.05, 3.63) is 35.3 Å². The largest absolute Gasteiger partial charge is 0.358 e. The highest BCUT2D eigenvalue weighted by Crippen LogP contribution is 2.20. The summed E-state index contributed by atoms with van der Waals surface area (Å²) in [6.07, 6.45) is 0. The van der Waals surface area contributed by atoms with E-state index in [2.05, 4.69) is 4.98 Å². The Balaban J connectivity index is 2.89. The lowest BCUT2D eigenvalue weighted by Crippen LogP contribution is -1.82. The molecule has 2 heteroatoms. The lowest BCUT2D eigenvalue weighted by Gasteiger charge is -1.96. The molecule has 1 aromatic heterocycles. The van der Waals surface area contributed by atoms with Crippen LogP contribution in [-0.2, 0) is 0 Å². The van der Waals surface area contributed by atoms with Gasteiger partial charge in [0.2, 0.25) is 0 Å². The summed E-state index contributed by atoms with van der Waals surface area (Å²) in [5.41, 5.74) is 2.67. The molecular weight excluding hydrogens is 153 g/mol. The number of halogens is 1. The number of H-pyrrole nitrogens is 1. The Bertz CT molecular complexity index is 429. The van der Waals surface area contributed by atoms with Gasteiger partial charge < -0.3 is 4.98 Å². The van der Waals surface area contributed by atoms with Crippen LogP contribution in [0.25, 0.3) is 10.9 Å². The minimum Gasteiger partial charge on any atom is -0.358 e. The van der Waals surface area contributed by atoms with E-state index in [1.807, 2.05) is 13.0 Å². The van der Waals surface area contributed by atoms with Gasteiger partial charge in [-0.05, 0) is 32.0 Å². The van der Waals surface area contributed by atoms with Gasteiger partial charge in [0, 0.05) is 16.6 Å². The van der Waals surface area contributed by atoms with Gasteiger partial charge in [0.1, 0.15) is 5.82 Å². The van der Waals surface area contributed by atoms with E-state index in [1.54, 1.807) is 13.0 Å². The lowest BCUT2D eigenvalue weighted by atomic mass is 10.1. The average molecular weight is 163 g/mol. The number of aromatic nitrogens is 1. The summed E-state index contributed by atoms with van der Waals surface area (Å²) in [5.74, 6) is -0.149. The Kier molecular flexibility index (Phi) is 1.43. The molecule has 0 saturated carbocycles. The Labute approximate surface area is 70.2 Å². The van der Waals surface area contributed by atoms with Gasteiger partial charge >= 0.3 is 0 Å². The molecule has 1 nitrogen and oxygen atoms in total. The van der Waals surface area contributed by atoms with Crippen LogP contribution in [-0.4, -0.2) is 4.98 Å². The third-order valence-corrected chi connectivity index (χ3v) is 2.13. The second-order valence-electron chi connectivity index (χ2n) is 3.09. The summed E-state index contributed by atoms with van der Waals surface area (Å²) in [5, 5.41) is 1.08. The molecule has 0 aliphatic rings. The number of aromatic amines is 1. The van der Waals surface area contributed by atoms with E-state index < -0.39 is 0 Å². The topological polar surface area (TPSA) is 15.8 Å². The van der Waals surface area contributed by atoms with E-state index in [-0.39, 0.29) is 5.82 Å². The Morgan fingerprint density at radius 1 is 1.25 bits per heavy atom. The lowest BCUT2D eigenvalue weighted by molar-refractivity contribution is 0.620. The van der Waals surface area contributed by atoms with Crippen LogP contribution in [0, 0.1) is 19.7 Å². The third kappa shape index (κ3) is 0.916. The first-order valence-corrected chi connectivity index (χ1v) is 3.93. The molecule has 0 radical (unpaired) electrons. The molecule has 0 aliphatic heterocycles. The molecule has 12 heavy (non-hydrogen) atoms. The third-order valence-electron chi connectivity index (χ3n) is 2.13. The Hall–Kier alpha value is -1.31. The first-order chi connectivity index (χ1) is 5.68. The van der Waals surface area contributed by atoms with Gasteiger partial charge in [0.15, 0.2) is 0 Å². The summed E-state index contributed by atoms with van der Waals surface area (Å²) in [6.45, 7) is 3.75. The van der Waals surface area contributed by atoms with Crippen LogP contribution in [0.5, 0.6) is 0 Å². The highest BCUT2D eigenvalue weighted by molar-refractivity contribution is 5.83. The SMILES string of the molecule is Cc1cc2ccc(F)c(C)c2[nH]1. The Morgan fingerprint density at radius 2 is 2.00 bits per heavy atom. The van der Waals surface area contributed by atoms with Crippen LogP contribution in [0.3, 0.4) is 0 Å². The summed E-state index contributed by atoms with van der Waals surface area (Å²) in [6, 6.07) is 5.31. The first kappa shape index (κ1) is 7.35. The van der Waals surface area contributed by atoms with Crippen molar-refractivity contribution in [2.75, 3.05) is 0 Å². The zero-order valence-electron chi connectivity index (χ0n) is 7.11. The van der Waals surface area contributed by atoms with Crippen molar-refractivity contribution >= 4 is 10.9 Å². The van der Waals surface area contributed by atoms with Crippen LogP contribution >= 0.6 is 0 Å². The fourth-order valence-corrected chi connectivity index (χ4v) is 1.46. The molecule has 2 aromatic rings. The number of hydrogen-bond donors (Lipinski definition) is 1. The van der Waals surface area contributed by atoms with Gasteiger partial charge in [-0.15, -0.1) is 0 Å². The summed E-state index contributed by atoms with van der Waals surface area (Å²) < 4.78 is 13.0. The molecule has 1 heterocycles. The number of hydrogen-bond acceptors (Lipinski definition) is 0. The molecule has 1 N–H and O–H groups in total. The molecule has 0 spiro atoms. The molecule has 0 fully saturated rings. The number of rotatable bonds is 0. The second-order valence-corrected chi connectivity index (χ2v) is 3.09. The van der Waals surface area contributed by atoms with Crippen LogP contribution in [0.1, 0.15) is 11.3 Å². The van der Waals surface area contributed by atoms with E-state index in [0.717, 1.165) is 16.6 Å². The monoisotopic (exact) mass is 163 g/mol. The Morgan fingerprint density at radius 3 is 2.75 bits per heavy atom. The summed E-state index contributed by atoms with van der Waals surface area (Å²) >= 11 is 0. The van der Waals surface area contributed by atoms with Crippen molar-refractivity contribution in [2.45, 2.75) is 13.8 Å². The molecule has 0 unspecified atom stereocenters. The van der Waals surface area contributed by atoms with E-state index >= 15 is 0 Å². The highest BCUT2D eigenvalue weighted by atomic mass is 19.1. The van der Waals surface area contributed by atoms with Crippen molar-refractivity contribution in [3.8, 4) is 0 Å². The fourth-order valence-electron chi connectivity index (χ4n) is 1.46. The fraction of sp³-hybridized carbons (Fsp3) is 0.200. The number of aryl methyl sites for hydroxylation is 2. The maximum Gasteiger partial charge on any atom is 0.128 e. The van der Waals surface area contributed by atoms with Crippen molar-refractivity contribution in [2.24, 2.45) is 0 Å². The molecule has 62 valence electrons. The molecule has 0 bridgehead atoms. The van der Waals surface area contributed by atoms with Crippen LogP contribution in [0.4, 0.5) is 4.39 Å². The summed E-state index contributed by atoms with van der Waals surface area (Å²) in [4.78, 5) is 3.13. The zero-order valence-corrected chi connectivity index (χ0v) is 7.11. The van der Waals surface area contributed by atoms with Gasteiger partial charge in [0.25, 0.3) is 0 Å². The molecule has 0 aliphatic carbocycles. The standard InChI is InChI=1S/C10H10FN/c1-6-5-8-3-4-9(11)7(2)10(8)12-6/h3-5,12H,1-2H3. The van der Waals surface area contributed by atoms with Gasteiger partial charge in [-0.2, -0.15) is 0 Å². The number of nitrogens with one attached hydrogen (secondary N) is 1. The van der Waals surface area contributed by atoms with Crippen molar-refractivity contribution in [3.63, 3.8) is 0 Å². The first-order valence-electron chi connectivity index (χ1n) is 3.93. The predicted octanol–water partition coefficient (Wildman–Crippen LogP) is 2.92.